The smallest absolute Gasteiger partial charge is 0.257 e. The summed E-state index contributed by atoms with van der Waals surface area (Å²) in [6.45, 7) is 1.06. The lowest BCUT2D eigenvalue weighted by atomic mass is 10.2. The van der Waals surface area contributed by atoms with E-state index in [1.807, 2.05) is 0 Å². The Balaban J connectivity index is 1.57. The van der Waals surface area contributed by atoms with Gasteiger partial charge in [0.05, 0.1) is 28.7 Å². The maximum Gasteiger partial charge on any atom is 0.257 e. The van der Waals surface area contributed by atoms with E-state index in [0.717, 1.165) is 6.07 Å². The number of carbonyl (C=O) groups is 1. The summed E-state index contributed by atoms with van der Waals surface area (Å²) in [7, 11) is -3.81. The van der Waals surface area contributed by atoms with Gasteiger partial charge in [-0.3, -0.25) is 4.79 Å². The molecule has 1 N–H and O–H groups in total. The molecule has 1 aromatic heterocycles. The Morgan fingerprint density at radius 3 is 2.61 bits per heavy atom. The SMILES string of the molecule is O=C(Nc1ccc(-n2cncn2)c(F)c1)c1cc(S(=O)(=O)N2CCOCC2)ccc1Cl. The third-order valence-electron chi connectivity index (χ3n) is 4.66. The molecule has 4 rings (SSSR count). The van der Waals surface area contributed by atoms with E-state index >= 15 is 0 Å². The minimum atomic E-state index is -3.81. The van der Waals surface area contributed by atoms with Crippen LogP contribution in [0.1, 0.15) is 10.4 Å². The molecule has 2 heterocycles. The zero-order valence-electron chi connectivity index (χ0n) is 16.0. The van der Waals surface area contributed by atoms with Gasteiger partial charge in [0.2, 0.25) is 10.0 Å². The summed E-state index contributed by atoms with van der Waals surface area (Å²) < 4.78 is 47.9. The summed E-state index contributed by atoms with van der Waals surface area (Å²) in [4.78, 5) is 16.4. The second-order valence-electron chi connectivity index (χ2n) is 6.62. The summed E-state index contributed by atoms with van der Waals surface area (Å²) in [5.41, 5.74) is 0.285. The van der Waals surface area contributed by atoms with Gasteiger partial charge in [0.1, 0.15) is 18.3 Å². The van der Waals surface area contributed by atoms with Crippen LogP contribution in [0.3, 0.4) is 0 Å². The molecule has 1 aliphatic rings. The normalized spacial score (nSPS) is 15.0. The minimum absolute atomic E-state index is 0.0447. The standard InChI is InChI=1S/C19H17ClFN5O4S/c20-16-3-2-14(31(28,29)25-5-7-30-8-6-25)10-15(16)19(27)24-13-1-4-18(17(21)9-13)26-12-22-11-23-26/h1-4,9-12H,5-8H2,(H,24,27). The zero-order valence-corrected chi connectivity index (χ0v) is 17.6. The van der Waals surface area contributed by atoms with Crippen molar-refractivity contribution in [2.75, 3.05) is 31.6 Å². The van der Waals surface area contributed by atoms with E-state index in [2.05, 4.69) is 15.4 Å². The monoisotopic (exact) mass is 465 g/mol. The van der Waals surface area contributed by atoms with Crippen LogP contribution >= 0.6 is 11.6 Å². The van der Waals surface area contributed by atoms with Gasteiger partial charge < -0.3 is 10.1 Å². The third kappa shape index (κ3) is 4.44. The van der Waals surface area contributed by atoms with E-state index in [0.29, 0.717) is 13.2 Å². The van der Waals surface area contributed by atoms with Crippen molar-refractivity contribution >= 4 is 33.2 Å². The number of hydrogen-bond acceptors (Lipinski definition) is 6. The van der Waals surface area contributed by atoms with Crippen LogP contribution < -0.4 is 5.32 Å². The van der Waals surface area contributed by atoms with Crippen LogP contribution in [0.25, 0.3) is 5.69 Å². The van der Waals surface area contributed by atoms with Crippen molar-refractivity contribution in [3.8, 4) is 5.69 Å². The molecule has 0 bridgehead atoms. The molecule has 0 spiro atoms. The summed E-state index contributed by atoms with van der Waals surface area (Å²) in [6.07, 6.45) is 2.62. The number of nitrogens with one attached hydrogen (secondary N) is 1. The number of halogens is 2. The molecule has 1 aliphatic heterocycles. The van der Waals surface area contributed by atoms with Gasteiger partial charge in [-0.1, -0.05) is 11.6 Å². The van der Waals surface area contributed by atoms with E-state index in [1.165, 1.54) is 52.0 Å². The van der Waals surface area contributed by atoms with Gasteiger partial charge in [0.25, 0.3) is 5.91 Å². The maximum absolute atomic E-state index is 14.4. The second kappa shape index (κ2) is 8.71. The van der Waals surface area contributed by atoms with Crippen molar-refractivity contribution < 1.29 is 22.3 Å². The van der Waals surface area contributed by atoms with Crippen LogP contribution in [0.4, 0.5) is 10.1 Å². The first-order valence-corrected chi connectivity index (χ1v) is 11.0. The first-order chi connectivity index (χ1) is 14.9. The number of nitrogens with zero attached hydrogens (tertiary/aromatic N) is 4. The summed E-state index contributed by atoms with van der Waals surface area (Å²) in [5, 5.41) is 6.46. The molecule has 1 saturated heterocycles. The predicted octanol–water partition coefficient (Wildman–Crippen LogP) is 2.33. The largest absolute Gasteiger partial charge is 0.379 e. The van der Waals surface area contributed by atoms with Gasteiger partial charge in [0, 0.05) is 18.8 Å². The number of sulfonamides is 1. The second-order valence-corrected chi connectivity index (χ2v) is 8.96. The molecule has 3 aromatic rings. The van der Waals surface area contributed by atoms with Gasteiger partial charge in [0.15, 0.2) is 5.82 Å². The Morgan fingerprint density at radius 2 is 1.94 bits per heavy atom. The third-order valence-corrected chi connectivity index (χ3v) is 6.89. The van der Waals surface area contributed by atoms with Crippen LogP contribution in [-0.2, 0) is 14.8 Å². The Hall–Kier alpha value is -2.86. The van der Waals surface area contributed by atoms with Crippen LogP contribution in [-0.4, -0.2) is 59.7 Å². The molecule has 0 saturated carbocycles. The average Bonchev–Trinajstić information content (AvgIpc) is 3.29. The average molecular weight is 466 g/mol. The van der Waals surface area contributed by atoms with Crippen LogP contribution in [0.2, 0.25) is 5.02 Å². The Bertz CT molecular complexity index is 1210. The molecule has 9 nitrogen and oxygen atoms in total. The molecule has 1 amide bonds. The maximum atomic E-state index is 14.4. The number of carbonyl (C=O) groups excluding carboxylic acids is 1. The summed E-state index contributed by atoms with van der Waals surface area (Å²) in [5.74, 6) is -1.30. The van der Waals surface area contributed by atoms with Crippen molar-refractivity contribution in [3.63, 3.8) is 0 Å². The van der Waals surface area contributed by atoms with Crippen molar-refractivity contribution in [2.45, 2.75) is 4.90 Å². The van der Waals surface area contributed by atoms with Gasteiger partial charge >= 0.3 is 0 Å². The number of amides is 1. The zero-order chi connectivity index (χ0) is 22.0. The fraction of sp³-hybridized carbons (Fsp3) is 0.211. The lowest BCUT2D eigenvalue weighted by Crippen LogP contribution is -2.40. The molecule has 162 valence electrons. The fourth-order valence-electron chi connectivity index (χ4n) is 3.08. The van der Waals surface area contributed by atoms with Crippen molar-refractivity contribution in [1.82, 2.24) is 19.1 Å². The van der Waals surface area contributed by atoms with E-state index in [1.54, 1.807) is 0 Å². The highest BCUT2D eigenvalue weighted by atomic mass is 35.5. The molecular formula is C19H17ClFN5O4S. The van der Waals surface area contributed by atoms with E-state index < -0.39 is 21.7 Å². The van der Waals surface area contributed by atoms with E-state index in [4.69, 9.17) is 16.3 Å². The highest BCUT2D eigenvalue weighted by Gasteiger charge is 2.27. The lowest BCUT2D eigenvalue weighted by Gasteiger charge is -2.26. The summed E-state index contributed by atoms with van der Waals surface area (Å²) in [6, 6.07) is 7.94. The quantitative estimate of drug-likeness (QED) is 0.620. The molecule has 0 unspecified atom stereocenters. The number of benzene rings is 2. The fourth-order valence-corrected chi connectivity index (χ4v) is 4.71. The van der Waals surface area contributed by atoms with Crippen LogP contribution in [0, 0.1) is 5.82 Å². The molecule has 2 aromatic carbocycles. The van der Waals surface area contributed by atoms with Crippen molar-refractivity contribution in [3.05, 3.63) is 65.5 Å². The first kappa shape index (κ1) is 21.4. The first-order valence-electron chi connectivity index (χ1n) is 9.19. The molecule has 1 fully saturated rings. The number of rotatable bonds is 5. The number of anilines is 1. The van der Waals surface area contributed by atoms with Crippen LogP contribution in [0.5, 0.6) is 0 Å². The molecule has 12 heteroatoms. The highest BCUT2D eigenvalue weighted by molar-refractivity contribution is 7.89. The molecule has 0 aliphatic carbocycles. The molecule has 0 radical (unpaired) electrons. The van der Waals surface area contributed by atoms with E-state index in [-0.39, 0.29) is 39.9 Å². The van der Waals surface area contributed by atoms with Gasteiger partial charge in [-0.15, -0.1) is 0 Å². The lowest BCUT2D eigenvalue weighted by molar-refractivity contribution is 0.0730. The van der Waals surface area contributed by atoms with Crippen molar-refractivity contribution in [2.24, 2.45) is 0 Å². The predicted molar refractivity (Wildman–Crippen MR) is 110 cm³/mol. The Kier molecular flexibility index (Phi) is 6.01. The number of ether oxygens (including phenoxy) is 1. The molecular weight excluding hydrogens is 449 g/mol. The number of hydrogen-bond donors (Lipinski definition) is 1. The van der Waals surface area contributed by atoms with Gasteiger partial charge in [-0.25, -0.2) is 22.5 Å². The topological polar surface area (TPSA) is 106 Å². The Labute approximate surface area is 182 Å². The highest BCUT2D eigenvalue weighted by Crippen LogP contribution is 2.25. The van der Waals surface area contributed by atoms with E-state index in [9.17, 15) is 17.6 Å². The minimum Gasteiger partial charge on any atom is -0.379 e. The van der Waals surface area contributed by atoms with Gasteiger partial charge in [-0.2, -0.15) is 9.40 Å². The molecule has 0 atom stereocenters. The van der Waals surface area contributed by atoms with Crippen molar-refractivity contribution in [1.29, 1.82) is 0 Å². The number of morpholine rings is 1. The number of aromatic nitrogens is 3. The summed E-state index contributed by atoms with van der Waals surface area (Å²) >= 11 is 6.14. The van der Waals surface area contributed by atoms with Gasteiger partial charge in [-0.05, 0) is 36.4 Å². The Morgan fingerprint density at radius 1 is 1.16 bits per heavy atom. The molecule has 31 heavy (non-hydrogen) atoms. The van der Waals surface area contributed by atoms with Crippen LogP contribution in [0.15, 0.2) is 53.9 Å².